The maximum atomic E-state index is 14.6. The number of nitrogens with zero attached hydrogens (tertiary/aromatic N) is 8. The summed E-state index contributed by atoms with van der Waals surface area (Å²) in [4.78, 5) is 92.8. The van der Waals surface area contributed by atoms with Crippen LogP contribution in [0.25, 0.3) is 45.3 Å². The predicted octanol–water partition coefficient (Wildman–Crippen LogP) is 13.5. The van der Waals surface area contributed by atoms with Crippen LogP contribution >= 0.6 is 70.6 Å². The number of pyridine rings is 2. The predicted molar refractivity (Wildman–Crippen MR) is 488 cm³/mol. The lowest BCUT2D eigenvalue weighted by Gasteiger charge is -2.27. The minimum absolute atomic E-state index is 0.279. The molecule has 2 aliphatic carbocycles. The van der Waals surface area contributed by atoms with Gasteiger partial charge in [0, 0.05) is 85.0 Å². The fourth-order valence-electron chi connectivity index (χ4n) is 17.4. The molecule has 4 aliphatic heterocycles. The van der Waals surface area contributed by atoms with E-state index in [9.17, 15) is 28.8 Å². The van der Waals surface area contributed by atoms with Gasteiger partial charge in [-0.25, -0.2) is 9.13 Å². The zero-order chi connectivity index (χ0) is 81.4. The first kappa shape index (κ1) is 78.4. The number of carbonyl (C=O) groups is 4. The van der Waals surface area contributed by atoms with Crippen molar-refractivity contribution in [3.63, 3.8) is 0 Å². The minimum atomic E-state index is -0.359. The average Bonchev–Trinajstić information content (AvgIpc) is 1.60. The van der Waals surface area contributed by atoms with Gasteiger partial charge in [-0.1, -0.05) is 219 Å². The smallest absolute Gasteiger partial charge is 0.269 e. The van der Waals surface area contributed by atoms with Crippen LogP contribution < -0.4 is 59.1 Å². The number of nitrogens with one attached hydrogen (secondary N) is 2. The van der Waals surface area contributed by atoms with Crippen LogP contribution in [0.15, 0.2) is 265 Å². The summed E-state index contributed by atoms with van der Waals surface area (Å²) >= 11 is 15.8. The molecule has 8 heterocycles. The molecule has 22 heteroatoms. The number of thiocarbonyl (C=S) groups is 2. The highest BCUT2D eigenvalue weighted by Crippen LogP contribution is 2.54. The normalized spacial score (nSPS) is 18.4. The zero-order valence-corrected chi connectivity index (χ0v) is 70.4. The molecule has 16 nitrogen and oxygen atoms in total. The Hall–Kier alpha value is -11.8. The second-order valence-corrected chi connectivity index (χ2v) is 36.2. The number of anilines is 4. The fraction of sp³-hybridized carbons (Fsp3) is 0.196. The number of thioether (sulfide) groups is 2. The third-order valence-corrected chi connectivity index (χ3v) is 29.0. The molecule has 2 saturated heterocycles. The molecule has 4 amide bonds. The standard InChI is InChI=1S/C97H82N10O6S6/c1-100-92(112)88(118-96(100)114)94-104(90(110)84(116-94)58-66-33-39-82-78(56-66)74-25-15-27-80(74)106(82)72-35-29-62(30-36-72)54-76(68-17-7-3-8-18-68)69-19-9-4-10-20-69)60-86(108)98-45-51-102-47-41-64(42-48-102)53-65-43-49-103(50-44-65)52-46-99-87(109)61-105-91(111)85(117-95(105)89-93(113)101(2)97(115)119-89)59-67-34-40-83-79(57-67)75-26-16-28-81(75)107(83)73-37-31-63(32-38-73)55-77(70-21-11-5-12-22-70)71-23-13-6-14-24-71/h3-14,17-24,29-44,47-50,54-59,74-75,80-81H,15-16,25-28,45-46,51-53,60-61H2,1-2H3/p+2/b84-58+,85-59+,94-88+,95-89+. The highest BCUT2D eigenvalue weighted by atomic mass is 32.2. The van der Waals surface area contributed by atoms with Crippen LogP contribution in [0.2, 0.25) is 0 Å². The Balaban J connectivity index is 0.496. The number of rotatable bonds is 22. The number of fused-ring (bicyclic) bond motifs is 6. The van der Waals surface area contributed by atoms with E-state index in [2.05, 4.69) is 215 Å². The molecule has 0 spiro atoms. The molecule has 4 aromatic heterocycles. The van der Waals surface area contributed by atoms with Crippen molar-refractivity contribution < 1.29 is 28.3 Å². The molecular formula is C97H84N10O6S6+2. The first-order chi connectivity index (χ1) is 58.1. The molecule has 18 rings (SSSR count). The zero-order valence-electron chi connectivity index (χ0n) is 65.5. The van der Waals surface area contributed by atoms with Crippen LogP contribution in [0, 0.1) is 0 Å². The summed E-state index contributed by atoms with van der Waals surface area (Å²) in [7, 11) is 3.25. The van der Waals surface area contributed by atoms with Gasteiger partial charge in [0.15, 0.2) is 37.9 Å². The molecule has 12 aromatic rings. The number of amides is 4. The molecule has 4 fully saturated rings. The topological polar surface area (TPSA) is 157 Å². The Kier molecular flexibility index (Phi) is 22.6. The van der Waals surface area contributed by atoms with E-state index in [0.29, 0.717) is 93.4 Å². The Labute approximate surface area is 716 Å². The maximum Gasteiger partial charge on any atom is 0.269 e. The van der Waals surface area contributed by atoms with Crippen molar-refractivity contribution in [2.24, 2.45) is 0 Å². The first-order valence-corrected chi connectivity index (χ1v) is 44.3. The van der Waals surface area contributed by atoms with E-state index >= 15 is 0 Å². The Morgan fingerprint density at radius 2 is 0.798 bits per heavy atom. The molecule has 6 aliphatic rings. The Morgan fingerprint density at radius 1 is 0.445 bits per heavy atom. The van der Waals surface area contributed by atoms with Gasteiger partial charge < -0.3 is 20.4 Å². The molecule has 0 bridgehead atoms. The lowest BCUT2D eigenvalue weighted by molar-refractivity contribution is -0.695. The van der Waals surface area contributed by atoms with Crippen molar-refractivity contribution in [3.05, 3.63) is 361 Å². The second kappa shape index (κ2) is 34.3. The third-order valence-electron chi connectivity index (χ3n) is 23.4. The summed E-state index contributed by atoms with van der Waals surface area (Å²) in [5.74, 6) is -0.673. The van der Waals surface area contributed by atoms with Gasteiger partial charge in [-0.15, -0.1) is 22.7 Å². The molecular weight excluding hydrogens is 1590 g/mol. The summed E-state index contributed by atoms with van der Waals surface area (Å²) in [5.41, 5.74) is 19.6. The van der Waals surface area contributed by atoms with Gasteiger partial charge >= 0.3 is 0 Å². The second-order valence-electron chi connectivity index (χ2n) is 30.9. The van der Waals surface area contributed by atoms with Gasteiger partial charge in [0.2, 0.25) is 11.8 Å². The molecule has 8 aromatic carbocycles. The van der Waals surface area contributed by atoms with Crippen molar-refractivity contribution >= 4 is 171 Å². The summed E-state index contributed by atoms with van der Waals surface area (Å²) in [6.07, 6.45) is 23.4. The van der Waals surface area contributed by atoms with E-state index in [-0.39, 0.29) is 47.8 Å². The first-order valence-electron chi connectivity index (χ1n) is 40.2. The summed E-state index contributed by atoms with van der Waals surface area (Å²) in [5, 5.41) is 6.03. The van der Waals surface area contributed by atoms with Gasteiger partial charge in [0.1, 0.15) is 40.9 Å². The minimum Gasteiger partial charge on any atom is -0.348 e. The van der Waals surface area contributed by atoms with Gasteiger partial charge in [0.25, 0.3) is 22.9 Å². The number of carbonyl (C=O) groups excluding carboxylic acids is 4. The lowest BCUT2D eigenvalue weighted by atomic mass is 9.95. The van der Waals surface area contributed by atoms with E-state index in [0.717, 1.165) is 140 Å². The molecule has 592 valence electrons. The van der Waals surface area contributed by atoms with Crippen LogP contribution in [-0.2, 0) is 51.8 Å². The summed E-state index contributed by atoms with van der Waals surface area (Å²) in [6.45, 7) is 0.988. The van der Waals surface area contributed by atoms with Crippen molar-refractivity contribution in [1.82, 2.24) is 29.6 Å². The third kappa shape index (κ3) is 16.3. The molecule has 4 atom stereocenters. The maximum absolute atomic E-state index is 14.6. The van der Waals surface area contributed by atoms with E-state index in [1.807, 2.05) is 94.6 Å². The highest BCUT2D eigenvalue weighted by Gasteiger charge is 2.44. The van der Waals surface area contributed by atoms with Crippen LogP contribution in [0.5, 0.6) is 0 Å². The van der Waals surface area contributed by atoms with Gasteiger partial charge in [-0.3, -0.25) is 47.7 Å². The lowest BCUT2D eigenvalue weighted by Crippen LogP contribution is -2.43. The largest absolute Gasteiger partial charge is 0.348 e. The number of hydrogen-bond donors (Lipinski definition) is 2. The monoisotopic (exact) mass is 1680 g/mol. The van der Waals surface area contributed by atoms with Crippen molar-refractivity contribution in [2.45, 2.75) is 95.0 Å². The number of aromatic nitrogens is 4. The van der Waals surface area contributed by atoms with Gasteiger partial charge in [0.05, 0.1) is 22.2 Å². The van der Waals surface area contributed by atoms with Crippen molar-refractivity contribution in [2.75, 3.05) is 37.0 Å². The van der Waals surface area contributed by atoms with E-state index in [1.165, 1.54) is 64.1 Å². The van der Waals surface area contributed by atoms with Crippen molar-refractivity contribution in [3.8, 4) is 0 Å². The fourth-order valence-corrected chi connectivity index (χ4v) is 22.3. The Bertz CT molecular complexity index is 6000. The van der Waals surface area contributed by atoms with Crippen molar-refractivity contribution in [1.29, 1.82) is 0 Å². The van der Waals surface area contributed by atoms with Crippen LogP contribution in [0.1, 0.15) is 117 Å². The van der Waals surface area contributed by atoms with Gasteiger partial charge in [-0.2, -0.15) is 0 Å². The van der Waals surface area contributed by atoms with E-state index in [1.54, 1.807) is 14.1 Å². The van der Waals surface area contributed by atoms with E-state index in [4.69, 9.17) is 24.4 Å². The van der Waals surface area contributed by atoms with Gasteiger partial charge in [-0.05, 0) is 183 Å². The Morgan fingerprint density at radius 3 is 1.14 bits per heavy atom. The van der Waals surface area contributed by atoms with E-state index < -0.39 is 0 Å². The number of benzene rings is 8. The molecule has 2 saturated carbocycles. The molecule has 2 N–H and O–H groups in total. The molecule has 119 heavy (non-hydrogen) atoms. The van der Waals surface area contributed by atoms with Crippen LogP contribution in [-0.4, -0.2) is 90.5 Å². The summed E-state index contributed by atoms with van der Waals surface area (Å²) in [6, 6.07) is 81.5. The highest BCUT2D eigenvalue weighted by molar-refractivity contribution is 8.30. The quantitative estimate of drug-likeness (QED) is 0.0377. The molecule has 0 radical (unpaired) electrons. The SMILES string of the molecule is CN1C(=O)/C(=c2\s/c(=C/c3ccc4c(c3)C3CCCC3N4c3ccc(C=C(c4ccccc4)c4ccccc4)cc3)c(=O)n2CC(=O)NCC[n+]2ccc(Cc3cc[n+](CCNC(=O)Cn4c(=O)/c(=C\c5ccc6c(c5)C5CCCC5N6c5ccc(C=C(c6ccccc6)c6ccccc6)cc5)s/c4=C4/SC(=S)N(C)C4=O)cc3)cc2)SC1=S. The average molecular weight is 1680 g/mol. The van der Waals surface area contributed by atoms with Crippen LogP contribution in [0.3, 0.4) is 0 Å². The number of thiazole rings is 2. The summed E-state index contributed by atoms with van der Waals surface area (Å²) < 4.78 is 9.21. The van der Waals surface area contributed by atoms with Crippen LogP contribution in [0.4, 0.5) is 22.7 Å². The molecule has 4 unspecified atom stereocenters. The number of hydrogen-bond acceptors (Lipinski definition) is 14.